The number of amides is 1. The molecule has 1 aliphatic heterocycles. The first-order chi connectivity index (χ1) is 12.7. The molecule has 1 aromatic heterocycles. The molecule has 146 valence electrons. The van der Waals surface area contributed by atoms with Gasteiger partial charge in [0.05, 0.1) is 0 Å². The average molecular weight is 389 g/mol. The van der Waals surface area contributed by atoms with Crippen LogP contribution in [-0.2, 0) is 16.8 Å². The summed E-state index contributed by atoms with van der Waals surface area (Å²) in [6, 6.07) is 12.5. The summed E-state index contributed by atoms with van der Waals surface area (Å²) in [5.41, 5.74) is 1.03. The molecular formula is C21H29ClN4O. The molecule has 0 bridgehead atoms. The lowest BCUT2D eigenvalue weighted by Gasteiger charge is -2.44. The summed E-state index contributed by atoms with van der Waals surface area (Å²) < 4.78 is 1.87. The number of aromatic nitrogens is 2. The van der Waals surface area contributed by atoms with E-state index in [1.54, 1.807) is 6.20 Å². The highest BCUT2D eigenvalue weighted by Crippen LogP contribution is 2.43. The summed E-state index contributed by atoms with van der Waals surface area (Å²) in [6.07, 6.45) is 9.95. The number of carbonyl (C=O) groups excluding carboxylic acids is 1. The van der Waals surface area contributed by atoms with Crippen molar-refractivity contribution in [1.29, 1.82) is 0 Å². The van der Waals surface area contributed by atoms with Crippen LogP contribution < -0.4 is 10.6 Å². The van der Waals surface area contributed by atoms with Gasteiger partial charge in [-0.1, -0.05) is 36.8 Å². The van der Waals surface area contributed by atoms with Crippen LogP contribution in [0.15, 0.2) is 48.8 Å². The van der Waals surface area contributed by atoms with Gasteiger partial charge in [-0.2, -0.15) is 5.10 Å². The molecule has 1 saturated heterocycles. The van der Waals surface area contributed by atoms with Gasteiger partial charge in [0.1, 0.15) is 5.54 Å². The van der Waals surface area contributed by atoms with Gasteiger partial charge in [0.25, 0.3) is 0 Å². The predicted molar refractivity (Wildman–Crippen MR) is 109 cm³/mol. The molecule has 2 aromatic rings. The molecule has 0 spiro atoms. The molecule has 27 heavy (non-hydrogen) atoms. The van der Waals surface area contributed by atoms with Crippen molar-refractivity contribution in [3.63, 3.8) is 0 Å². The molecular weight excluding hydrogens is 360 g/mol. The van der Waals surface area contributed by atoms with Crippen LogP contribution in [-0.4, -0.2) is 35.3 Å². The second kappa shape index (κ2) is 8.44. The van der Waals surface area contributed by atoms with Crippen molar-refractivity contribution in [3.8, 4) is 0 Å². The largest absolute Gasteiger partial charge is 0.353 e. The SMILES string of the molecule is Cl.O=C(NCC1(Cc2ccccc2)CCC1)C1(n2cccn2)CCNCC1. The van der Waals surface area contributed by atoms with Gasteiger partial charge in [-0.3, -0.25) is 9.48 Å². The molecule has 0 unspecified atom stereocenters. The van der Waals surface area contributed by atoms with Crippen molar-refractivity contribution in [2.24, 2.45) is 5.41 Å². The lowest BCUT2D eigenvalue weighted by atomic mass is 9.65. The maximum absolute atomic E-state index is 13.3. The Labute approximate surface area is 167 Å². The standard InChI is InChI=1S/C21H28N4O.ClH/c26-19(21(10-13-22-14-11-21)25-15-5-12-24-25)23-17-20(8-4-9-20)16-18-6-2-1-3-7-18;/h1-3,5-7,12,15,22H,4,8-11,13-14,16-17H2,(H,23,26);1H. The van der Waals surface area contributed by atoms with Gasteiger partial charge < -0.3 is 10.6 Å². The fourth-order valence-corrected chi connectivity index (χ4v) is 4.48. The second-order valence-corrected chi connectivity index (χ2v) is 7.93. The summed E-state index contributed by atoms with van der Waals surface area (Å²) in [6.45, 7) is 2.46. The van der Waals surface area contributed by atoms with Gasteiger partial charge in [-0.05, 0) is 62.2 Å². The smallest absolute Gasteiger partial charge is 0.248 e. The van der Waals surface area contributed by atoms with E-state index in [1.807, 2.05) is 16.9 Å². The monoisotopic (exact) mass is 388 g/mol. The molecule has 2 aliphatic rings. The summed E-state index contributed by atoms with van der Waals surface area (Å²) in [5.74, 6) is 0.127. The van der Waals surface area contributed by atoms with E-state index in [9.17, 15) is 4.79 Å². The Kier molecular flexibility index (Phi) is 6.22. The molecule has 6 heteroatoms. The van der Waals surface area contributed by atoms with E-state index >= 15 is 0 Å². The van der Waals surface area contributed by atoms with Crippen LogP contribution >= 0.6 is 12.4 Å². The maximum atomic E-state index is 13.3. The number of piperidine rings is 1. The summed E-state index contributed by atoms with van der Waals surface area (Å²) in [7, 11) is 0. The fourth-order valence-electron chi connectivity index (χ4n) is 4.48. The molecule has 1 saturated carbocycles. The minimum atomic E-state index is -0.549. The number of nitrogens with zero attached hydrogens (tertiary/aromatic N) is 2. The van der Waals surface area contributed by atoms with E-state index in [4.69, 9.17) is 0 Å². The number of halogens is 1. The van der Waals surface area contributed by atoms with Crippen molar-refractivity contribution < 1.29 is 4.79 Å². The quantitative estimate of drug-likeness (QED) is 0.799. The number of rotatable bonds is 6. The number of hydrogen-bond acceptors (Lipinski definition) is 3. The lowest BCUT2D eigenvalue weighted by molar-refractivity contribution is -0.133. The summed E-state index contributed by atoms with van der Waals surface area (Å²) in [4.78, 5) is 13.3. The Bertz CT molecular complexity index is 722. The first kappa shape index (κ1) is 19.9. The molecule has 2 N–H and O–H groups in total. The fraction of sp³-hybridized carbons (Fsp3) is 0.524. The molecule has 1 amide bonds. The van der Waals surface area contributed by atoms with Gasteiger partial charge in [-0.15, -0.1) is 12.4 Å². The van der Waals surface area contributed by atoms with Crippen LogP contribution in [0.2, 0.25) is 0 Å². The van der Waals surface area contributed by atoms with Crippen LogP contribution in [0.3, 0.4) is 0 Å². The Balaban J connectivity index is 0.00000210. The third-order valence-electron chi connectivity index (χ3n) is 6.26. The van der Waals surface area contributed by atoms with E-state index in [2.05, 4.69) is 46.1 Å². The van der Waals surface area contributed by atoms with Gasteiger partial charge in [-0.25, -0.2) is 0 Å². The van der Waals surface area contributed by atoms with Gasteiger partial charge in [0, 0.05) is 18.9 Å². The minimum Gasteiger partial charge on any atom is -0.353 e. The van der Waals surface area contributed by atoms with E-state index in [0.717, 1.165) is 38.9 Å². The van der Waals surface area contributed by atoms with Crippen molar-refractivity contribution >= 4 is 18.3 Å². The number of benzene rings is 1. The molecule has 4 rings (SSSR count). The van der Waals surface area contributed by atoms with E-state index in [0.29, 0.717) is 0 Å². The molecule has 2 heterocycles. The van der Waals surface area contributed by atoms with Crippen LogP contribution in [0, 0.1) is 5.41 Å². The number of hydrogen-bond donors (Lipinski definition) is 2. The third-order valence-corrected chi connectivity index (χ3v) is 6.26. The highest BCUT2D eigenvalue weighted by Gasteiger charge is 2.44. The third kappa shape index (κ3) is 4.04. The highest BCUT2D eigenvalue weighted by atomic mass is 35.5. The predicted octanol–water partition coefficient (Wildman–Crippen LogP) is 2.91. The average Bonchev–Trinajstić information content (AvgIpc) is 3.20. The summed E-state index contributed by atoms with van der Waals surface area (Å²) >= 11 is 0. The zero-order valence-electron chi connectivity index (χ0n) is 15.7. The van der Waals surface area contributed by atoms with Gasteiger partial charge in [0.2, 0.25) is 5.91 Å². The van der Waals surface area contributed by atoms with Gasteiger partial charge >= 0.3 is 0 Å². The first-order valence-corrected chi connectivity index (χ1v) is 9.76. The summed E-state index contributed by atoms with van der Waals surface area (Å²) in [5, 5.41) is 11.1. The Morgan fingerprint density at radius 3 is 2.44 bits per heavy atom. The van der Waals surface area contributed by atoms with Crippen molar-refractivity contribution in [1.82, 2.24) is 20.4 Å². The molecule has 0 radical (unpaired) electrons. The van der Waals surface area contributed by atoms with E-state index < -0.39 is 5.54 Å². The van der Waals surface area contributed by atoms with Crippen molar-refractivity contribution in [2.75, 3.05) is 19.6 Å². The van der Waals surface area contributed by atoms with E-state index in [-0.39, 0.29) is 23.7 Å². The Hall–Kier alpha value is -1.85. The van der Waals surface area contributed by atoms with Gasteiger partial charge in [0.15, 0.2) is 0 Å². The van der Waals surface area contributed by atoms with Crippen molar-refractivity contribution in [3.05, 3.63) is 54.4 Å². The normalized spacial score (nSPS) is 20.1. The van der Waals surface area contributed by atoms with Crippen molar-refractivity contribution in [2.45, 2.75) is 44.1 Å². The van der Waals surface area contributed by atoms with Crippen LogP contribution in [0.4, 0.5) is 0 Å². The molecule has 0 atom stereocenters. The number of carbonyl (C=O) groups is 1. The topological polar surface area (TPSA) is 59.0 Å². The Morgan fingerprint density at radius 1 is 1.11 bits per heavy atom. The molecule has 1 aromatic carbocycles. The maximum Gasteiger partial charge on any atom is 0.248 e. The molecule has 1 aliphatic carbocycles. The highest BCUT2D eigenvalue weighted by molar-refractivity contribution is 5.85. The zero-order valence-corrected chi connectivity index (χ0v) is 16.5. The zero-order chi connectivity index (χ0) is 17.9. The number of nitrogens with one attached hydrogen (secondary N) is 2. The second-order valence-electron chi connectivity index (χ2n) is 7.93. The molecule has 5 nitrogen and oxygen atoms in total. The van der Waals surface area contributed by atoms with E-state index in [1.165, 1.54) is 24.8 Å². The van der Waals surface area contributed by atoms with Crippen LogP contribution in [0.25, 0.3) is 0 Å². The molecule has 2 fully saturated rings. The van der Waals surface area contributed by atoms with Crippen LogP contribution in [0.5, 0.6) is 0 Å². The lowest BCUT2D eigenvalue weighted by Crippen LogP contribution is -2.56. The first-order valence-electron chi connectivity index (χ1n) is 9.76. The Morgan fingerprint density at radius 2 is 1.85 bits per heavy atom. The minimum absolute atomic E-state index is 0. The van der Waals surface area contributed by atoms with Crippen LogP contribution in [0.1, 0.15) is 37.7 Å².